The van der Waals surface area contributed by atoms with Gasteiger partial charge in [-0.05, 0) is 36.2 Å². The van der Waals surface area contributed by atoms with E-state index in [1.807, 2.05) is 0 Å². The van der Waals surface area contributed by atoms with Crippen LogP contribution in [0, 0.1) is 17.8 Å². The van der Waals surface area contributed by atoms with E-state index < -0.39 is 17.4 Å². The molecule has 0 N–H and O–H groups in total. The van der Waals surface area contributed by atoms with E-state index in [9.17, 15) is 9.59 Å². The van der Waals surface area contributed by atoms with E-state index in [2.05, 4.69) is 20.8 Å². The van der Waals surface area contributed by atoms with Gasteiger partial charge in [-0.15, -0.1) is 0 Å². The summed E-state index contributed by atoms with van der Waals surface area (Å²) in [7, 11) is 0. The summed E-state index contributed by atoms with van der Waals surface area (Å²) >= 11 is 0. The highest BCUT2D eigenvalue weighted by atomic mass is 19.1. The van der Waals surface area contributed by atoms with E-state index in [1.54, 1.807) is 24.3 Å². The summed E-state index contributed by atoms with van der Waals surface area (Å²) < 4.78 is 20.8. The number of Topliss-reactive ketones (excluding diaryl/α,β-unsaturated/α-hetero) is 1. The van der Waals surface area contributed by atoms with Crippen LogP contribution in [0.2, 0.25) is 0 Å². The van der Waals surface area contributed by atoms with Gasteiger partial charge in [0.2, 0.25) is 5.78 Å². The molecule has 4 atom stereocenters. The number of hydrogen-bond donors (Lipinski definition) is 0. The molecule has 0 saturated heterocycles. The summed E-state index contributed by atoms with van der Waals surface area (Å²) in [5.74, 6) is -0.721. The molecule has 130 valence electrons. The highest BCUT2D eigenvalue weighted by Crippen LogP contribution is 2.39. The third kappa shape index (κ3) is 2.87. The minimum Gasteiger partial charge on any atom is -0.459 e. The van der Waals surface area contributed by atoms with Crippen LogP contribution >= 0.6 is 0 Å². The molecule has 0 spiro atoms. The van der Waals surface area contributed by atoms with Gasteiger partial charge < -0.3 is 4.74 Å². The van der Waals surface area contributed by atoms with Crippen molar-refractivity contribution in [2.75, 3.05) is 0 Å². The average molecular weight is 332 g/mol. The zero-order chi connectivity index (χ0) is 17.5. The van der Waals surface area contributed by atoms with Crippen molar-refractivity contribution < 1.29 is 18.7 Å². The smallest absolute Gasteiger partial charge is 0.352 e. The zero-order valence-electron chi connectivity index (χ0n) is 14.5. The maximum atomic E-state index is 15.2. The molecule has 0 radical (unpaired) electrons. The topological polar surface area (TPSA) is 43.4 Å². The van der Waals surface area contributed by atoms with Gasteiger partial charge in [-0.1, -0.05) is 51.5 Å². The highest BCUT2D eigenvalue weighted by molar-refractivity contribution is 6.18. The maximum absolute atomic E-state index is 15.2. The van der Waals surface area contributed by atoms with Crippen LogP contribution in [0.1, 0.15) is 56.0 Å². The van der Waals surface area contributed by atoms with Gasteiger partial charge in [-0.2, -0.15) is 0 Å². The Balaban J connectivity index is 1.78. The number of benzene rings is 1. The largest absolute Gasteiger partial charge is 0.459 e. The van der Waals surface area contributed by atoms with Crippen molar-refractivity contribution in [2.24, 2.45) is 17.8 Å². The molecular weight excluding hydrogens is 307 g/mol. The lowest BCUT2D eigenvalue weighted by Gasteiger charge is -2.37. The van der Waals surface area contributed by atoms with Crippen LogP contribution in [-0.2, 0) is 16.0 Å². The van der Waals surface area contributed by atoms with Crippen LogP contribution in [0.25, 0.3) is 0 Å². The van der Waals surface area contributed by atoms with Crippen molar-refractivity contribution in [1.29, 1.82) is 0 Å². The number of esters is 1. The minimum atomic E-state index is -2.56. The van der Waals surface area contributed by atoms with Gasteiger partial charge in [-0.25, -0.2) is 9.18 Å². The molecule has 0 aromatic heterocycles. The SMILES string of the molecule is CC(C)[C@@H]1CC[C@@H](C)C[C@H]1OC(=O)C1(F)Cc2ccccc2C1=O. The van der Waals surface area contributed by atoms with Crippen molar-refractivity contribution in [3.63, 3.8) is 0 Å². The van der Waals surface area contributed by atoms with Crippen LogP contribution in [0.15, 0.2) is 24.3 Å². The van der Waals surface area contributed by atoms with Gasteiger partial charge in [0.15, 0.2) is 0 Å². The molecular formula is C20H25FO3. The van der Waals surface area contributed by atoms with E-state index in [1.165, 1.54) is 0 Å². The lowest BCUT2D eigenvalue weighted by atomic mass is 9.75. The van der Waals surface area contributed by atoms with Crippen LogP contribution in [0.3, 0.4) is 0 Å². The quantitative estimate of drug-likeness (QED) is 0.617. The fraction of sp³-hybridized carbons (Fsp3) is 0.600. The molecule has 1 aromatic carbocycles. The lowest BCUT2D eigenvalue weighted by molar-refractivity contribution is -0.166. The Morgan fingerprint density at radius 2 is 2.00 bits per heavy atom. The third-order valence-electron chi connectivity index (χ3n) is 5.60. The molecule has 3 nitrogen and oxygen atoms in total. The summed E-state index contributed by atoms with van der Waals surface area (Å²) in [6.07, 6.45) is 2.30. The van der Waals surface area contributed by atoms with Gasteiger partial charge in [0.1, 0.15) is 6.10 Å². The monoisotopic (exact) mass is 332 g/mol. The van der Waals surface area contributed by atoms with E-state index in [0.717, 1.165) is 19.3 Å². The van der Waals surface area contributed by atoms with Gasteiger partial charge in [0, 0.05) is 12.0 Å². The number of carbonyl (C=O) groups excluding carboxylic acids is 2. The fourth-order valence-electron chi connectivity index (χ4n) is 4.10. The Kier molecular flexibility index (Phi) is 4.50. The molecule has 1 aromatic rings. The Labute approximate surface area is 142 Å². The minimum absolute atomic E-state index is 0.213. The number of ketones is 1. The zero-order valence-corrected chi connectivity index (χ0v) is 14.5. The first-order valence-electron chi connectivity index (χ1n) is 8.85. The first kappa shape index (κ1) is 17.1. The van der Waals surface area contributed by atoms with E-state index >= 15 is 4.39 Å². The number of halogens is 1. The number of fused-ring (bicyclic) bond motifs is 1. The summed E-state index contributed by atoms with van der Waals surface area (Å²) in [5.41, 5.74) is -1.68. The molecule has 2 aliphatic carbocycles. The number of rotatable bonds is 3. The Bertz CT molecular complexity index is 654. The Morgan fingerprint density at radius 1 is 1.29 bits per heavy atom. The normalized spacial score (nSPS) is 32.7. The average Bonchev–Trinajstić information content (AvgIpc) is 2.80. The molecule has 1 unspecified atom stereocenters. The van der Waals surface area contributed by atoms with Crippen LogP contribution in [-0.4, -0.2) is 23.5 Å². The predicted octanol–water partition coefficient (Wildman–Crippen LogP) is 4.14. The summed E-state index contributed by atoms with van der Waals surface area (Å²) in [4.78, 5) is 25.0. The second-order valence-corrected chi connectivity index (χ2v) is 7.73. The van der Waals surface area contributed by atoms with Gasteiger partial charge >= 0.3 is 5.97 Å². The summed E-state index contributed by atoms with van der Waals surface area (Å²) in [5, 5.41) is 0. The summed E-state index contributed by atoms with van der Waals surface area (Å²) in [6.45, 7) is 6.33. The molecule has 1 fully saturated rings. The lowest BCUT2D eigenvalue weighted by Crippen LogP contribution is -2.46. The first-order valence-corrected chi connectivity index (χ1v) is 8.85. The Morgan fingerprint density at radius 3 is 2.67 bits per heavy atom. The standard InChI is InChI=1S/C20H25FO3/c1-12(2)15-9-8-13(3)10-17(15)24-19(23)20(21)11-14-6-4-5-7-16(14)18(20)22/h4-7,12-13,15,17H,8-11H2,1-3H3/t13-,15+,17-,20?/m1/s1. The molecule has 2 aliphatic rings. The third-order valence-corrected chi connectivity index (χ3v) is 5.60. The van der Waals surface area contributed by atoms with Crippen molar-refractivity contribution in [3.8, 4) is 0 Å². The first-order chi connectivity index (χ1) is 11.3. The molecule has 1 saturated carbocycles. The van der Waals surface area contributed by atoms with E-state index in [4.69, 9.17) is 4.74 Å². The maximum Gasteiger partial charge on any atom is 0.352 e. The van der Waals surface area contributed by atoms with Crippen LogP contribution in [0.4, 0.5) is 4.39 Å². The summed E-state index contributed by atoms with van der Waals surface area (Å²) in [6, 6.07) is 6.71. The van der Waals surface area contributed by atoms with Gasteiger partial charge in [0.05, 0.1) is 0 Å². The second kappa shape index (κ2) is 6.30. The van der Waals surface area contributed by atoms with Crippen molar-refractivity contribution >= 4 is 11.8 Å². The van der Waals surface area contributed by atoms with Crippen molar-refractivity contribution in [1.82, 2.24) is 0 Å². The van der Waals surface area contributed by atoms with E-state index in [-0.39, 0.29) is 18.4 Å². The fourth-order valence-corrected chi connectivity index (χ4v) is 4.10. The molecule has 4 heteroatoms. The van der Waals surface area contributed by atoms with E-state index in [0.29, 0.717) is 23.0 Å². The van der Waals surface area contributed by atoms with Crippen molar-refractivity contribution in [2.45, 2.75) is 58.2 Å². The van der Waals surface area contributed by atoms with Gasteiger partial charge in [0.25, 0.3) is 5.67 Å². The molecule has 0 aliphatic heterocycles. The molecule has 0 heterocycles. The Hall–Kier alpha value is -1.71. The van der Waals surface area contributed by atoms with Crippen molar-refractivity contribution in [3.05, 3.63) is 35.4 Å². The number of hydrogen-bond acceptors (Lipinski definition) is 3. The van der Waals surface area contributed by atoms with Gasteiger partial charge in [-0.3, -0.25) is 4.79 Å². The number of ether oxygens (including phenoxy) is 1. The molecule has 3 rings (SSSR count). The van der Waals surface area contributed by atoms with Crippen LogP contribution in [0.5, 0.6) is 0 Å². The number of alkyl halides is 1. The highest BCUT2D eigenvalue weighted by Gasteiger charge is 2.54. The predicted molar refractivity (Wildman–Crippen MR) is 89.5 cm³/mol. The molecule has 24 heavy (non-hydrogen) atoms. The second-order valence-electron chi connectivity index (χ2n) is 7.73. The van der Waals surface area contributed by atoms with Crippen LogP contribution < -0.4 is 0 Å². The molecule has 0 bridgehead atoms. The number of carbonyl (C=O) groups is 2. The molecule has 0 amide bonds.